The summed E-state index contributed by atoms with van der Waals surface area (Å²) in [4.78, 5) is 12.1. The van der Waals surface area contributed by atoms with E-state index in [1.807, 2.05) is 24.3 Å². The molecule has 8 heteroatoms. The average Bonchev–Trinajstić information content (AvgIpc) is 2.62. The van der Waals surface area contributed by atoms with Gasteiger partial charge in [-0.2, -0.15) is 0 Å². The molecule has 2 aromatic rings. The first kappa shape index (κ1) is 21.0. The predicted molar refractivity (Wildman–Crippen MR) is 108 cm³/mol. The molecule has 0 saturated heterocycles. The highest BCUT2D eigenvalue weighted by molar-refractivity contribution is 6.39. The number of rotatable bonds is 10. The van der Waals surface area contributed by atoms with E-state index in [0.29, 0.717) is 28.9 Å². The van der Waals surface area contributed by atoms with Crippen LogP contribution in [0.1, 0.15) is 5.56 Å². The van der Waals surface area contributed by atoms with Gasteiger partial charge >= 0.3 is 22.5 Å². The Bertz CT molecular complexity index is 711. The third-order valence-electron chi connectivity index (χ3n) is 3.56. The Morgan fingerprint density at radius 1 is 1.00 bits per heavy atom. The molecule has 0 aliphatic carbocycles. The molecule has 26 heavy (non-hydrogen) atoms. The number of benzene rings is 2. The van der Waals surface area contributed by atoms with Crippen molar-refractivity contribution in [3.63, 3.8) is 0 Å². The van der Waals surface area contributed by atoms with Crippen molar-refractivity contribution in [3.05, 3.63) is 58.1 Å². The monoisotopic (exact) mass is 410 g/mol. The quantitative estimate of drug-likeness (QED) is 0.358. The topological polar surface area (TPSA) is 59.6 Å². The van der Waals surface area contributed by atoms with E-state index in [4.69, 9.17) is 32.7 Å². The predicted octanol–water partition coefficient (Wildman–Crippen LogP) is 2.98. The van der Waals surface area contributed by atoms with Gasteiger partial charge in [-0.05, 0) is 30.3 Å². The lowest BCUT2D eigenvalue weighted by Gasteiger charge is -2.14. The van der Waals surface area contributed by atoms with Gasteiger partial charge in [0.15, 0.2) is 0 Å². The normalized spacial score (nSPS) is 10.5. The van der Waals surface area contributed by atoms with E-state index in [-0.39, 0.29) is 19.0 Å². The van der Waals surface area contributed by atoms with Gasteiger partial charge in [0.25, 0.3) is 0 Å². The standard InChI is InChI=1S/C18H19Cl2N2O3.Al.2H/c19-14-5-3-6-15(20)18(14)22-16-7-2-1-4-13(16)12-17(23)25-11-10-24-9-8-21;;;/h1-7,21-22H,8-12H2;;;/q-1;+1;;. The minimum absolute atomic E-state index is 0.146. The molecule has 0 aliphatic heterocycles. The summed E-state index contributed by atoms with van der Waals surface area (Å²) in [6.45, 7) is 2.08. The van der Waals surface area contributed by atoms with Gasteiger partial charge in [-0.15, -0.1) is 0 Å². The molecule has 138 valence electrons. The van der Waals surface area contributed by atoms with Crippen molar-refractivity contribution in [2.24, 2.45) is 0 Å². The first-order valence-corrected chi connectivity index (χ1v) is 10.0. The molecule has 0 aromatic heterocycles. The fourth-order valence-electron chi connectivity index (χ4n) is 2.25. The molecular formula is C18H21AlCl2N2O3. The molecule has 0 saturated carbocycles. The van der Waals surface area contributed by atoms with E-state index < -0.39 is 0 Å². The van der Waals surface area contributed by atoms with Gasteiger partial charge in [0, 0.05) is 5.69 Å². The van der Waals surface area contributed by atoms with Crippen molar-refractivity contribution in [2.45, 2.75) is 6.42 Å². The summed E-state index contributed by atoms with van der Waals surface area (Å²) in [5.41, 5.74) is 2.17. The third kappa shape index (κ3) is 6.81. The Balaban J connectivity index is 1.93. The largest absolute Gasteiger partial charge is 0.463 e. The van der Waals surface area contributed by atoms with Gasteiger partial charge in [0.05, 0.1) is 35.4 Å². The maximum Gasteiger partial charge on any atom is 0.318 e. The minimum Gasteiger partial charge on any atom is -0.463 e. The van der Waals surface area contributed by atoms with Crippen LogP contribution in [0.3, 0.4) is 0 Å². The van der Waals surface area contributed by atoms with Gasteiger partial charge in [0.1, 0.15) is 6.61 Å². The van der Waals surface area contributed by atoms with Crippen LogP contribution >= 0.6 is 23.2 Å². The highest BCUT2D eigenvalue weighted by Gasteiger charge is 2.12. The smallest absolute Gasteiger partial charge is 0.318 e. The van der Waals surface area contributed by atoms with Crippen LogP contribution in [-0.4, -0.2) is 48.8 Å². The molecule has 0 amide bonds. The Hall–Kier alpha value is -1.26. The Labute approximate surface area is 171 Å². The Morgan fingerprint density at radius 2 is 1.73 bits per heavy atom. The van der Waals surface area contributed by atoms with E-state index in [9.17, 15) is 4.79 Å². The van der Waals surface area contributed by atoms with E-state index in [1.165, 1.54) is 0 Å². The number of carbonyl (C=O) groups excluding carboxylic acids is 1. The fraction of sp³-hybridized carbons (Fsp3) is 0.278. The first-order chi connectivity index (χ1) is 12.6. The summed E-state index contributed by atoms with van der Waals surface area (Å²) in [5, 5.41) is 4.23. The molecule has 0 heterocycles. The number of hydrogen-bond donors (Lipinski definition) is 2. The van der Waals surface area contributed by atoms with Crippen molar-refractivity contribution in [1.82, 2.24) is 4.30 Å². The van der Waals surface area contributed by atoms with Crippen molar-refractivity contribution in [1.29, 1.82) is 0 Å². The zero-order valence-corrected chi connectivity index (χ0v) is 18.1. The molecule has 2 rings (SSSR count). The SMILES string of the molecule is O=C(Cc1ccccc1Nc1c(Cl)cccc1Cl)OCCOCC[NH][AlH2]. The maximum absolute atomic E-state index is 12.1. The van der Waals surface area contributed by atoms with Crippen LogP contribution in [0.25, 0.3) is 0 Å². The number of nitrogens with one attached hydrogen (secondary N) is 2. The lowest BCUT2D eigenvalue weighted by Crippen LogP contribution is -2.18. The van der Waals surface area contributed by atoms with Crippen LogP contribution in [0.15, 0.2) is 42.5 Å². The number of halogens is 2. The average molecular weight is 411 g/mol. The molecule has 5 nitrogen and oxygen atoms in total. The van der Waals surface area contributed by atoms with Crippen molar-refractivity contribution >= 4 is 57.1 Å². The fourth-order valence-corrected chi connectivity index (χ4v) is 2.94. The van der Waals surface area contributed by atoms with E-state index in [1.54, 1.807) is 18.2 Å². The Morgan fingerprint density at radius 3 is 2.46 bits per heavy atom. The molecule has 0 unspecified atom stereocenters. The summed E-state index contributed by atoms with van der Waals surface area (Å²) < 4.78 is 13.7. The molecule has 0 bridgehead atoms. The minimum atomic E-state index is -0.311. The van der Waals surface area contributed by atoms with E-state index in [0.717, 1.165) is 34.3 Å². The second kappa shape index (κ2) is 11.5. The highest BCUT2D eigenvalue weighted by atomic mass is 35.5. The summed E-state index contributed by atoms with van der Waals surface area (Å²) >= 11 is 13.3. The number of para-hydroxylation sites is 2. The zero-order valence-electron chi connectivity index (χ0n) is 14.6. The molecule has 0 atom stereocenters. The van der Waals surface area contributed by atoms with Gasteiger partial charge in [-0.1, -0.05) is 47.5 Å². The van der Waals surface area contributed by atoms with Crippen molar-refractivity contribution < 1.29 is 14.3 Å². The van der Waals surface area contributed by atoms with Crippen LogP contribution in [0.4, 0.5) is 11.4 Å². The molecule has 2 N–H and O–H groups in total. The van der Waals surface area contributed by atoms with Gasteiger partial charge in [0.2, 0.25) is 0 Å². The lowest BCUT2D eigenvalue weighted by atomic mass is 10.1. The van der Waals surface area contributed by atoms with Crippen LogP contribution in [0.2, 0.25) is 10.0 Å². The van der Waals surface area contributed by atoms with Crippen LogP contribution in [0, 0.1) is 0 Å². The molecule has 0 radical (unpaired) electrons. The van der Waals surface area contributed by atoms with Gasteiger partial charge in [-0.25, -0.2) is 0 Å². The summed E-state index contributed by atoms with van der Waals surface area (Å²) in [6.07, 6.45) is 0.146. The lowest BCUT2D eigenvalue weighted by molar-refractivity contribution is -0.144. The van der Waals surface area contributed by atoms with Crippen LogP contribution < -0.4 is 9.62 Å². The summed E-state index contributed by atoms with van der Waals surface area (Å²) in [6, 6.07) is 12.8. The maximum atomic E-state index is 12.1. The zero-order chi connectivity index (χ0) is 18.8. The first-order valence-electron chi connectivity index (χ1n) is 8.28. The van der Waals surface area contributed by atoms with E-state index >= 15 is 0 Å². The number of ether oxygens (including phenoxy) is 2. The van der Waals surface area contributed by atoms with Crippen molar-refractivity contribution in [2.75, 3.05) is 31.7 Å². The number of anilines is 2. The van der Waals surface area contributed by atoms with Crippen molar-refractivity contribution in [3.8, 4) is 0 Å². The van der Waals surface area contributed by atoms with Crippen LogP contribution in [-0.2, 0) is 20.7 Å². The van der Waals surface area contributed by atoms with Gasteiger partial charge < -0.3 is 19.1 Å². The molecule has 0 spiro atoms. The van der Waals surface area contributed by atoms with E-state index in [2.05, 4.69) is 9.62 Å². The second-order valence-corrected chi connectivity index (χ2v) is 7.01. The Kier molecular flexibility index (Phi) is 9.27. The molecule has 2 aromatic carbocycles. The molecule has 0 fully saturated rings. The highest BCUT2D eigenvalue weighted by Crippen LogP contribution is 2.33. The van der Waals surface area contributed by atoms with Gasteiger partial charge in [-0.3, -0.25) is 4.79 Å². The molecule has 0 aliphatic rings. The third-order valence-corrected chi connectivity index (χ3v) is 4.69. The number of hydrogen-bond acceptors (Lipinski definition) is 5. The summed E-state index contributed by atoms with van der Waals surface area (Å²) in [7, 11) is 0. The van der Waals surface area contributed by atoms with Crippen LogP contribution in [0.5, 0.6) is 0 Å². The summed E-state index contributed by atoms with van der Waals surface area (Å²) in [5.74, 6) is -0.311. The number of esters is 1. The molecular weight excluding hydrogens is 390 g/mol. The second-order valence-electron chi connectivity index (χ2n) is 5.49. The number of carbonyl (C=O) groups is 1.